The molecule has 4 nitrogen and oxygen atoms in total. The monoisotopic (exact) mass is 254 g/mol. The summed E-state index contributed by atoms with van der Waals surface area (Å²) >= 11 is 5.78. The largest absolute Gasteiger partial charge is 0.449 e. The molecule has 1 aromatic carbocycles. The molecule has 0 saturated heterocycles. The second-order valence-electron chi connectivity index (χ2n) is 3.36. The fourth-order valence-corrected chi connectivity index (χ4v) is 1.31. The van der Waals surface area contributed by atoms with Crippen molar-refractivity contribution in [1.82, 2.24) is 10.4 Å². The Bertz CT molecular complexity index is 403. The van der Waals surface area contributed by atoms with Gasteiger partial charge in [0.2, 0.25) is 0 Å². The van der Waals surface area contributed by atoms with Crippen LogP contribution >= 0.6 is 11.6 Å². The maximum atomic E-state index is 11.3. The number of halogens is 1. The fraction of sp³-hybridized carbons (Fsp3) is 0.250. The minimum absolute atomic E-state index is 0.332. The summed E-state index contributed by atoms with van der Waals surface area (Å²) in [4.78, 5) is 11.3. The summed E-state index contributed by atoms with van der Waals surface area (Å²) in [6.07, 6.45) is -0.456. The lowest BCUT2D eigenvalue weighted by molar-refractivity contribution is 0.107. The van der Waals surface area contributed by atoms with Gasteiger partial charge in [-0.15, -0.1) is 0 Å². The van der Waals surface area contributed by atoms with Gasteiger partial charge >= 0.3 is 6.09 Å². The van der Waals surface area contributed by atoms with Crippen LogP contribution in [-0.2, 0) is 4.74 Å². The number of nitrogens with zero attached hydrogens (tertiary/aromatic N) is 1. The van der Waals surface area contributed by atoms with Crippen molar-refractivity contribution < 1.29 is 9.53 Å². The minimum Gasteiger partial charge on any atom is -0.449 e. The average Bonchev–Trinajstić information content (AvgIpc) is 2.30. The highest BCUT2D eigenvalue weighted by Crippen LogP contribution is 2.14. The van der Waals surface area contributed by atoms with E-state index in [0.29, 0.717) is 17.3 Å². The molecule has 0 aliphatic heterocycles. The number of ether oxygens (including phenoxy) is 1. The third kappa shape index (κ3) is 4.00. The fourth-order valence-electron chi connectivity index (χ4n) is 1.18. The zero-order valence-electron chi connectivity index (χ0n) is 9.87. The van der Waals surface area contributed by atoms with E-state index in [4.69, 9.17) is 16.3 Å². The Labute approximate surface area is 106 Å². The summed E-state index contributed by atoms with van der Waals surface area (Å²) in [6, 6.07) is 7.15. The average molecular weight is 255 g/mol. The maximum Gasteiger partial charge on any atom is 0.428 e. The van der Waals surface area contributed by atoms with Gasteiger partial charge < -0.3 is 4.74 Å². The van der Waals surface area contributed by atoms with Crippen LogP contribution in [0.3, 0.4) is 0 Å². The van der Waals surface area contributed by atoms with Crippen LogP contribution in [-0.4, -0.2) is 24.8 Å². The zero-order chi connectivity index (χ0) is 12.8. The van der Waals surface area contributed by atoms with Crippen molar-refractivity contribution in [2.75, 3.05) is 13.7 Å². The Morgan fingerprint density at radius 2 is 2.06 bits per heavy atom. The molecule has 0 aliphatic rings. The predicted molar refractivity (Wildman–Crippen MR) is 68.4 cm³/mol. The number of carbonyl (C=O) groups is 1. The Morgan fingerprint density at radius 3 is 2.59 bits per heavy atom. The van der Waals surface area contributed by atoms with Gasteiger partial charge in [-0.2, -0.15) is 0 Å². The molecule has 1 N–H and O–H groups in total. The van der Waals surface area contributed by atoms with Gasteiger partial charge in [0.15, 0.2) is 0 Å². The van der Waals surface area contributed by atoms with Gasteiger partial charge in [-0.3, -0.25) is 5.43 Å². The van der Waals surface area contributed by atoms with E-state index in [-0.39, 0.29) is 0 Å². The zero-order valence-corrected chi connectivity index (χ0v) is 10.6. The van der Waals surface area contributed by atoms with Crippen molar-refractivity contribution in [2.24, 2.45) is 0 Å². The predicted octanol–water partition coefficient (Wildman–Crippen LogP) is 2.90. The van der Waals surface area contributed by atoms with Crippen LogP contribution in [0.25, 0.3) is 5.70 Å². The van der Waals surface area contributed by atoms with E-state index in [1.54, 1.807) is 26.1 Å². The molecule has 1 aromatic rings. The summed E-state index contributed by atoms with van der Waals surface area (Å²) in [7, 11) is 1.57. The van der Waals surface area contributed by atoms with Gasteiger partial charge in [0, 0.05) is 12.1 Å². The minimum atomic E-state index is -0.456. The number of rotatable bonds is 4. The van der Waals surface area contributed by atoms with Gasteiger partial charge in [0.1, 0.15) is 0 Å². The van der Waals surface area contributed by atoms with Crippen molar-refractivity contribution in [3.05, 3.63) is 41.4 Å². The molecule has 1 rings (SSSR count). The van der Waals surface area contributed by atoms with Crippen LogP contribution in [0, 0.1) is 0 Å². The standard InChI is InChI=1S/C12H15ClN2O2/c1-4-17-12(16)15(3)14-9(2)10-5-7-11(13)8-6-10/h5-8,14H,2,4H2,1,3H3. The highest BCUT2D eigenvalue weighted by molar-refractivity contribution is 6.30. The summed E-state index contributed by atoms with van der Waals surface area (Å²) in [5.41, 5.74) is 4.27. The molecule has 0 heterocycles. The molecule has 0 bridgehead atoms. The second kappa shape index (κ2) is 6.15. The van der Waals surface area contributed by atoms with E-state index in [1.807, 2.05) is 12.1 Å². The first-order valence-corrected chi connectivity index (χ1v) is 5.54. The molecule has 0 radical (unpaired) electrons. The lowest BCUT2D eigenvalue weighted by atomic mass is 10.2. The van der Waals surface area contributed by atoms with E-state index in [0.717, 1.165) is 5.56 Å². The molecule has 0 atom stereocenters. The van der Waals surface area contributed by atoms with Crippen molar-refractivity contribution in [1.29, 1.82) is 0 Å². The Kier molecular flexibility index (Phi) is 4.84. The lowest BCUT2D eigenvalue weighted by Crippen LogP contribution is -2.38. The summed E-state index contributed by atoms with van der Waals surface area (Å²) < 4.78 is 4.82. The van der Waals surface area contributed by atoms with E-state index in [2.05, 4.69) is 12.0 Å². The van der Waals surface area contributed by atoms with Crippen LogP contribution in [0.4, 0.5) is 4.79 Å². The van der Waals surface area contributed by atoms with E-state index < -0.39 is 6.09 Å². The molecule has 0 aromatic heterocycles. The number of hydrazine groups is 1. The van der Waals surface area contributed by atoms with Crippen LogP contribution in [0.1, 0.15) is 12.5 Å². The molecule has 92 valence electrons. The first kappa shape index (κ1) is 13.4. The molecule has 1 amide bonds. The molecule has 17 heavy (non-hydrogen) atoms. The van der Waals surface area contributed by atoms with E-state index in [9.17, 15) is 4.79 Å². The first-order valence-electron chi connectivity index (χ1n) is 5.16. The van der Waals surface area contributed by atoms with Crippen LogP contribution in [0.5, 0.6) is 0 Å². The summed E-state index contributed by atoms with van der Waals surface area (Å²) in [5.74, 6) is 0. The highest BCUT2D eigenvalue weighted by Gasteiger charge is 2.09. The summed E-state index contributed by atoms with van der Waals surface area (Å²) in [6.45, 7) is 5.91. The van der Waals surface area contributed by atoms with Crippen molar-refractivity contribution >= 4 is 23.4 Å². The van der Waals surface area contributed by atoms with Gasteiger partial charge in [-0.05, 0) is 24.6 Å². The van der Waals surface area contributed by atoms with Gasteiger partial charge in [-0.25, -0.2) is 9.80 Å². The van der Waals surface area contributed by atoms with E-state index >= 15 is 0 Å². The van der Waals surface area contributed by atoms with Gasteiger partial charge in [-0.1, -0.05) is 30.3 Å². The van der Waals surface area contributed by atoms with E-state index in [1.165, 1.54) is 5.01 Å². The molecule has 0 saturated carbocycles. The third-order valence-corrected chi connectivity index (χ3v) is 2.29. The van der Waals surface area contributed by atoms with Crippen molar-refractivity contribution in [3.8, 4) is 0 Å². The van der Waals surface area contributed by atoms with Gasteiger partial charge in [0.25, 0.3) is 0 Å². The number of benzene rings is 1. The van der Waals surface area contributed by atoms with Crippen molar-refractivity contribution in [2.45, 2.75) is 6.92 Å². The first-order chi connectivity index (χ1) is 8.04. The highest BCUT2D eigenvalue weighted by atomic mass is 35.5. The van der Waals surface area contributed by atoms with Gasteiger partial charge in [0.05, 0.1) is 12.3 Å². The summed E-state index contributed by atoms with van der Waals surface area (Å²) in [5, 5.41) is 1.89. The van der Waals surface area contributed by atoms with Crippen LogP contribution in [0.15, 0.2) is 30.8 Å². The Morgan fingerprint density at radius 1 is 1.47 bits per heavy atom. The molecular weight excluding hydrogens is 240 g/mol. The SMILES string of the molecule is C=C(NN(C)C(=O)OCC)c1ccc(Cl)cc1. The topological polar surface area (TPSA) is 41.6 Å². The number of hydrogen-bond acceptors (Lipinski definition) is 3. The Balaban J connectivity index is 2.60. The number of amides is 1. The molecule has 0 spiro atoms. The molecule has 0 unspecified atom stereocenters. The number of nitrogens with one attached hydrogen (secondary N) is 1. The number of carbonyl (C=O) groups excluding carboxylic acids is 1. The lowest BCUT2D eigenvalue weighted by Gasteiger charge is -2.20. The molecule has 0 fully saturated rings. The molecule has 0 aliphatic carbocycles. The van der Waals surface area contributed by atoms with Crippen molar-refractivity contribution in [3.63, 3.8) is 0 Å². The quantitative estimate of drug-likeness (QED) is 0.840. The maximum absolute atomic E-state index is 11.3. The Hall–Kier alpha value is -1.68. The smallest absolute Gasteiger partial charge is 0.428 e. The van der Waals surface area contributed by atoms with Crippen LogP contribution < -0.4 is 5.43 Å². The van der Waals surface area contributed by atoms with Crippen LogP contribution in [0.2, 0.25) is 5.02 Å². The normalized spacial score (nSPS) is 9.59. The molecular formula is C12H15ClN2O2. The second-order valence-corrected chi connectivity index (χ2v) is 3.79. The third-order valence-electron chi connectivity index (χ3n) is 2.04. The number of hydrogen-bond donors (Lipinski definition) is 1. The molecule has 5 heteroatoms.